The number of nitrogens with zero attached hydrogens (tertiary/aromatic N) is 1. The smallest absolute Gasteiger partial charge is 0.242 e. The van der Waals surface area contributed by atoms with Gasteiger partial charge in [-0.1, -0.05) is 0 Å². The lowest BCUT2D eigenvalue weighted by Crippen LogP contribution is -2.31. The van der Waals surface area contributed by atoms with Crippen LogP contribution in [0.5, 0.6) is 0 Å². The zero-order chi connectivity index (χ0) is 14.0. The van der Waals surface area contributed by atoms with Crippen LogP contribution in [0, 0.1) is 0 Å². The van der Waals surface area contributed by atoms with E-state index in [1.165, 1.54) is 0 Å². The van der Waals surface area contributed by atoms with Gasteiger partial charge in [0.1, 0.15) is 0 Å². The van der Waals surface area contributed by atoms with Crippen LogP contribution in [0.2, 0.25) is 0 Å². The molecule has 2 rings (SSSR count). The second-order valence-corrected chi connectivity index (χ2v) is 6.87. The summed E-state index contributed by atoms with van der Waals surface area (Å²) in [5.41, 5.74) is 0.851. The first kappa shape index (κ1) is 14.8. The maximum atomic E-state index is 12.2. The number of aromatic nitrogens is 1. The van der Waals surface area contributed by atoms with Crippen LogP contribution in [-0.4, -0.2) is 32.7 Å². The van der Waals surface area contributed by atoms with Crippen molar-refractivity contribution in [3.8, 4) is 0 Å². The van der Waals surface area contributed by atoms with E-state index in [0.29, 0.717) is 11.9 Å². The predicted octanol–water partition coefficient (Wildman–Crippen LogP) is 1.88. The summed E-state index contributed by atoms with van der Waals surface area (Å²) in [4.78, 5) is 0.276. The second kappa shape index (κ2) is 5.83. The van der Waals surface area contributed by atoms with Crippen molar-refractivity contribution in [3.63, 3.8) is 0 Å². The summed E-state index contributed by atoms with van der Waals surface area (Å²) in [5, 5.41) is 0. The largest absolute Gasteiger partial charge is 0.380 e. The van der Waals surface area contributed by atoms with Gasteiger partial charge in [0.25, 0.3) is 0 Å². The minimum Gasteiger partial charge on any atom is -0.380 e. The molecule has 1 heterocycles. The summed E-state index contributed by atoms with van der Waals surface area (Å²) < 4.78 is 33.8. The summed E-state index contributed by atoms with van der Waals surface area (Å²) in [6.45, 7) is 2.06. The molecule has 0 saturated heterocycles. The van der Waals surface area contributed by atoms with E-state index in [2.05, 4.69) is 4.72 Å². The van der Waals surface area contributed by atoms with Gasteiger partial charge < -0.3 is 9.30 Å². The van der Waals surface area contributed by atoms with Crippen molar-refractivity contribution in [2.24, 2.45) is 0 Å². The summed E-state index contributed by atoms with van der Waals surface area (Å²) in [5.74, 6) is 0.320. The zero-order valence-electron chi connectivity index (χ0n) is 11.1. The number of nitrogens with one attached hydrogen (secondary N) is 1. The molecule has 5 nitrogen and oxygen atoms in total. The molecule has 0 radical (unpaired) electrons. The van der Waals surface area contributed by atoms with Gasteiger partial charge in [-0.15, -0.1) is 11.6 Å². The van der Waals surface area contributed by atoms with Gasteiger partial charge in [0.05, 0.1) is 16.9 Å². The predicted molar refractivity (Wildman–Crippen MR) is 73.9 cm³/mol. The lowest BCUT2D eigenvalue weighted by atomic mass is 10.4. The number of methoxy groups -OCH3 is 1. The van der Waals surface area contributed by atoms with E-state index in [4.69, 9.17) is 16.3 Å². The van der Waals surface area contributed by atoms with Gasteiger partial charge in [0.2, 0.25) is 10.0 Å². The van der Waals surface area contributed by atoms with E-state index in [-0.39, 0.29) is 17.5 Å². The van der Waals surface area contributed by atoms with Crippen molar-refractivity contribution < 1.29 is 13.2 Å². The molecule has 1 fully saturated rings. The number of hydrogen-bond acceptors (Lipinski definition) is 3. The Kier molecular flexibility index (Phi) is 4.55. The molecule has 1 saturated carbocycles. The van der Waals surface area contributed by atoms with E-state index in [0.717, 1.165) is 18.5 Å². The highest BCUT2D eigenvalue weighted by Gasteiger charge is 2.28. The summed E-state index contributed by atoms with van der Waals surface area (Å²) in [6.07, 6.45) is 3.70. The second-order valence-electron chi connectivity index (χ2n) is 4.84. The number of rotatable bonds is 7. The van der Waals surface area contributed by atoms with E-state index in [1.807, 2.05) is 11.5 Å². The Balaban J connectivity index is 2.15. The minimum absolute atomic E-state index is 0.159. The topological polar surface area (TPSA) is 60.3 Å². The Morgan fingerprint density at radius 3 is 2.79 bits per heavy atom. The van der Waals surface area contributed by atoms with E-state index in [9.17, 15) is 8.42 Å². The average Bonchev–Trinajstić information content (AvgIpc) is 3.14. The number of halogens is 1. The van der Waals surface area contributed by atoms with Gasteiger partial charge in [-0.25, -0.2) is 13.1 Å². The quantitative estimate of drug-likeness (QED) is 0.782. The molecule has 0 bridgehead atoms. The number of sulfonamides is 1. The number of alkyl halides is 1. The third kappa shape index (κ3) is 3.51. The fourth-order valence-corrected chi connectivity index (χ4v) is 3.22. The average molecular weight is 307 g/mol. The molecule has 1 aromatic heterocycles. The molecule has 1 atom stereocenters. The molecule has 0 aliphatic heterocycles. The first-order chi connectivity index (χ1) is 8.97. The molecule has 108 valence electrons. The third-order valence-electron chi connectivity index (χ3n) is 3.26. The molecule has 1 N–H and O–H groups in total. The molecular formula is C12H19ClN2O3S. The van der Waals surface area contributed by atoms with E-state index in [1.54, 1.807) is 19.4 Å². The van der Waals surface area contributed by atoms with Gasteiger partial charge in [-0.2, -0.15) is 0 Å². The number of hydrogen-bond donors (Lipinski definition) is 1. The normalized spacial score (nSPS) is 17.6. The third-order valence-corrected chi connectivity index (χ3v) is 4.92. The molecule has 19 heavy (non-hydrogen) atoms. The number of ether oxygens (including phenoxy) is 1. The van der Waals surface area contributed by atoms with Gasteiger partial charge in [-0.3, -0.25) is 0 Å². The lowest BCUT2D eigenvalue weighted by Gasteiger charge is -2.10. The standard InChI is InChI=1S/C12H19ClN2O3S/c1-9(18-2)7-14-19(16,17)12-5-11(6-13)15(8-12)10-3-4-10/h5,8-10,14H,3-4,6-7H2,1-2H3. The summed E-state index contributed by atoms with van der Waals surface area (Å²) >= 11 is 5.86. The van der Waals surface area contributed by atoms with Crippen molar-refractivity contribution in [1.82, 2.24) is 9.29 Å². The molecule has 1 unspecified atom stereocenters. The van der Waals surface area contributed by atoms with Gasteiger partial charge in [0, 0.05) is 31.6 Å². The molecule has 1 aliphatic carbocycles. The first-order valence-corrected chi connectivity index (χ1v) is 8.29. The van der Waals surface area contributed by atoms with Crippen LogP contribution < -0.4 is 4.72 Å². The van der Waals surface area contributed by atoms with Crippen molar-refractivity contribution in [3.05, 3.63) is 18.0 Å². The molecular weight excluding hydrogens is 288 g/mol. The molecule has 7 heteroatoms. The SMILES string of the molecule is COC(C)CNS(=O)(=O)c1cc(CCl)n(C2CC2)c1. The Labute approximate surface area is 118 Å². The Morgan fingerprint density at radius 1 is 1.58 bits per heavy atom. The lowest BCUT2D eigenvalue weighted by molar-refractivity contribution is 0.122. The molecule has 1 aromatic rings. The van der Waals surface area contributed by atoms with Crippen LogP contribution in [0.25, 0.3) is 0 Å². The molecule has 1 aliphatic rings. The van der Waals surface area contributed by atoms with Gasteiger partial charge in [-0.05, 0) is 25.8 Å². The van der Waals surface area contributed by atoms with Crippen LogP contribution in [0.15, 0.2) is 17.2 Å². The van der Waals surface area contributed by atoms with E-state index >= 15 is 0 Å². The highest BCUT2D eigenvalue weighted by molar-refractivity contribution is 7.89. The van der Waals surface area contributed by atoms with Gasteiger partial charge in [0.15, 0.2) is 0 Å². The highest BCUT2D eigenvalue weighted by atomic mass is 35.5. The summed E-state index contributed by atoms with van der Waals surface area (Å²) in [7, 11) is -1.94. The fraction of sp³-hybridized carbons (Fsp3) is 0.667. The van der Waals surface area contributed by atoms with E-state index < -0.39 is 10.0 Å². The summed E-state index contributed by atoms with van der Waals surface area (Å²) in [6, 6.07) is 2.06. The van der Waals surface area contributed by atoms with Crippen molar-refractivity contribution >= 4 is 21.6 Å². The Morgan fingerprint density at radius 2 is 2.26 bits per heavy atom. The van der Waals surface area contributed by atoms with Crippen molar-refractivity contribution in [2.75, 3.05) is 13.7 Å². The first-order valence-electron chi connectivity index (χ1n) is 6.27. The maximum Gasteiger partial charge on any atom is 0.242 e. The van der Waals surface area contributed by atoms with Crippen molar-refractivity contribution in [2.45, 2.75) is 42.7 Å². The van der Waals surface area contributed by atoms with Crippen molar-refractivity contribution in [1.29, 1.82) is 0 Å². The molecule has 0 spiro atoms. The van der Waals surface area contributed by atoms with Gasteiger partial charge >= 0.3 is 0 Å². The molecule has 0 aromatic carbocycles. The molecule has 0 amide bonds. The van der Waals surface area contributed by atoms with Crippen LogP contribution in [0.4, 0.5) is 0 Å². The maximum absolute atomic E-state index is 12.2. The highest BCUT2D eigenvalue weighted by Crippen LogP contribution is 2.37. The zero-order valence-corrected chi connectivity index (χ0v) is 12.7. The Hall–Kier alpha value is -0.560. The van der Waals surface area contributed by atoms with Crippen LogP contribution in [0.1, 0.15) is 31.5 Å². The van der Waals surface area contributed by atoms with Crippen LogP contribution in [-0.2, 0) is 20.6 Å². The minimum atomic E-state index is -3.49. The van der Waals surface area contributed by atoms with Crippen LogP contribution in [0.3, 0.4) is 0 Å². The van der Waals surface area contributed by atoms with Crippen LogP contribution >= 0.6 is 11.6 Å². The fourth-order valence-electron chi connectivity index (χ4n) is 1.84. The monoisotopic (exact) mass is 306 g/mol. The Bertz CT molecular complexity index is 537.